The summed E-state index contributed by atoms with van der Waals surface area (Å²) in [6, 6.07) is 0. The summed E-state index contributed by atoms with van der Waals surface area (Å²) < 4.78 is 0. The number of nitrogens with zero attached hydrogens (tertiary/aromatic N) is 1. The van der Waals surface area contributed by atoms with E-state index in [-0.39, 0.29) is 5.41 Å². The monoisotopic (exact) mass is 151 g/mol. The molecule has 62 valence electrons. The first kappa shape index (κ1) is 10.2. The molecule has 11 heavy (non-hydrogen) atoms. The maximum atomic E-state index is 4.05. The Labute approximate surface area is 69.5 Å². The molecule has 0 aliphatic rings. The van der Waals surface area contributed by atoms with Gasteiger partial charge >= 0.3 is 0 Å². The lowest BCUT2D eigenvalue weighted by Gasteiger charge is -2.18. The van der Waals surface area contributed by atoms with E-state index in [0.717, 1.165) is 5.57 Å². The minimum Gasteiger partial charge on any atom is -0.269 e. The third-order valence-corrected chi connectivity index (χ3v) is 1.45. The van der Waals surface area contributed by atoms with Crippen molar-refractivity contribution in [2.24, 2.45) is 10.4 Å². The molecule has 0 rings (SSSR count). The molecule has 1 heteroatoms. The van der Waals surface area contributed by atoms with Gasteiger partial charge in [0.1, 0.15) is 0 Å². The van der Waals surface area contributed by atoms with E-state index in [4.69, 9.17) is 0 Å². The van der Waals surface area contributed by atoms with Crippen LogP contribution in [0.5, 0.6) is 0 Å². The topological polar surface area (TPSA) is 12.4 Å². The summed E-state index contributed by atoms with van der Waals surface area (Å²) in [6.45, 7) is 12.1. The molecule has 0 radical (unpaired) electrons. The molecule has 0 fully saturated rings. The van der Waals surface area contributed by atoms with Crippen LogP contribution >= 0.6 is 0 Å². The molecule has 0 saturated carbocycles. The Bertz CT molecular complexity index is 180. The summed E-state index contributed by atoms with van der Waals surface area (Å²) in [6.07, 6.45) is 5.48. The molecule has 1 nitrogen and oxygen atoms in total. The van der Waals surface area contributed by atoms with E-state index in [1.54, 1.807) is 6.21 Å². The Morgan fingerprint density at radius 2 is 1.91 bits per heavy atom. The zero-order valence-corrected chi connectivity index (χ0v) is 7.89. The maximum Gasteiger partial charge on any atom is 0.0300 e. The second-order valence-corrected chi connectivity index (χ2v) is 3.45. The van der Waals surface area contributed by atoms with E-state index in [2.05, 4.69) is 32.3 Å². The number of hydrogen-bond donors (Lipinski definition) is 0. The molecule has 0 heterocycles. The van der Waals surface area contributed by atoms with E-state index in [1.165, 1.54) is 0 Å². The molecule has 0 atom stereocenters. The molecule has 0 aromatic heterocycles. The van der Waals surface area contributed by atoms with Crippen molar-refractivity contribution in [1.29, 1.82) is 0 Å². The van der Waals surface area contributed by atoms with Crippen molar-refractivity contribution in [3.63, 3.8) is 0 Å². The zero-order chi connectivity index (χ0) is 8.91. The smallest absolute Gasteiger partial charge is 0.0300 e. The summed E-state index contributed by atoms with van der Waals surface area (Å²) in [4.78, 5) is 4.05. The highest BCUT2D eigenvalue weighted by Gasteiger charge is 2.12. The molecular weight excluding hydrogens is 134 g/mol. The van der Waals surface area contributed by atoms with E-state index in [1.807, 2.05) is 19.2 Å². The quantitative estimate of drug-likeness (QED) is 0.424. The molecule has 0 saturated heterocycles. The van der Waals surface area contributed by atoms with E-state index in [0.29, 0.717) is 0 Å². The first-order chi connectivity index (χ1) is 5.02. The van der Waals surface area contributed by atoms with Crippen molar-refractivity contribution >= 4 is 6.21 Å². The lowest BCUT2D eigenvalue weighted by Crippen LogP contribution is -2.06. The van der Waals surface area contributed by atoms with Crippen LogP contribution in [-0.2, 0) is 0 Å². The normalized spacial score (nSPS) is 14.0. The van der Waals surface area contributed by atoms with Gasteiger partial charge in [-0.1, -0.05) is 33.4 Å². The molecule has 0 unspecified atom stereocenters. The Morgan fingerprint density at radius 1 is 1.36 bits per heavy atom. The molecule has 0 amide bonds. The summed E-state index contributed by atoms with van der Waals surface area (Å²) in [5.74, 6) is 0. The first-order valence-corrected chi connectivity index (χ1v) is 3.83. The molecule has 0 N–H and O–H groups in total. The number of allylic oxidation sites excluding steroid dienone is 2. The van der Waals surface area contributed by atoms with E-state index >= 15 is 0 Å². The van der Waals surface area contributed by atoms with Gasteiger partial charge in [-0.25, -0.2) is 0 Å². The van der Waals surface area contributed by atoms with Crippen LogP contribution in [0, 0.1) is 5.41 Å². The highest BCUT2D eigenvalue weighted by atomic mass is 14.7. The van der Waals surface area contributed by atoms with Gasteiger partial charge in [0, 0.05) is 12.4 Å². The summed E-state index contributed by atoms with van der Waals surface area (Å²) in [7, 11) is 0. The van der Waals surface area contributed by atoms with Crippen molar-refractivity contribution < 1.29 is 0 Å². The first-order valence-electron chi connectivity index (χ1n) is 3.83. The molecule has 0 bridgehead atoms. The number of aliphatic imine (C=N–C) groups is 1. The highest BCUT2D eigenvalue weighted by molar-refractivity contribution is 5.54. The molecule has 0 aliphatic carbocycles. The minimum absolute atomic E-state index is 0.147. The van der Waals surface area contributed by atoms with Gasteiger partial charge in [0.15, 0.2) is 0 Å². The van der Waals surface area contributed by atoms with E-state index in [9.17, 15) is 0 Å². The largest absolute Gasteiger partial charge is 0.269 e. The lowest BCUT2D eigenvalue weighted by atomic mass is 9.87. The van der Waals surface area contributed by atoms with Crippen LogP contribution in [0.25, 0.3) is 0 Å². The van der Waals surface area contributed by atoms with Gasteiger partial charge in [0.05, 0.1) is 0 Å². The van der Waals surface area contributed by atoms with Gasteiger partial charge in [-0.15, -0.1) is 0 Å². The standard InChI is InChI=1S/C10H17N/c1-6-9(8-11-7-2)10(3,4)5/h6-8H,1H2,2-5H3/b9-8+,11-7-. The Morgan fingerprint density at radius 3 is 2.18 bits per heavy atom. The Hall–Kier alpha value is -0.850. The van der Waals surface area contributed by atoms with Crippen molar-refractivity contribution in [3.8, 4) is 0 Å². The van der Waals surface area contributed by atoms with Crippen LogP contribution < -0.4 is 0 Å². The highest BCUT2D eigenvalue weighted by Crippen LogP contribution is 2.25. The third kappa shape index (κ3) is 3.76. The molecule has 0 spiro atoms. The molecular formula is C10H17N. The van der Waals surface area contributed by atoms with Crippen molar-refractivity contribution in [3.05, 3.63) is 24.4 Å². The maximum absolute atomic E-state index is 4.05. The van der Waals surface area contributed by atoms with Crippen molar-refractivity contribution in [2.75, 3.05) is 0 Å². The van der Waals surface area contributed by atoms with Crippen molar-refractivity contribution in [2.45, 2.75) is 27.7 Å². The predicted octanol–water partition coefficient (Wildman–Crippen LogP) is 3.19. The third-order valence-electron chi connectivity index (χ3n) is 1.45. The molecule has 0 aromatic rings. The Kier molecular flexibility index (Phi) is 3.80. The van der Waals surface area contributed by atoms with Gasteiger partial charge in [0.2, 0.25) is 0 Å². The van der Waals surface area contributed by atoms with Crippen LogP contribution in [0.4, 0.5) is 0 Å². The molecule has 0 aliphatic heterocycles. The fourth-order valence-electron chi connectivity index (χ4n) is 0.707. The van der Waals surface area contributed by atoms with Gasteiger partial charge in [-0.05, 0) is 17.9 Å². The lowest BCUT2D eigenvalue weighted by molar-refractivity contribution is 0.516. The predicted molar refractivity (Wildman–Crippen MR) is 51.9 cm³/mol. The minimum atomic E-state index is 0.147. The summed E-state index contributed by atoms with van der Waals surface area (Å²) >= 11 is 0. The van der Waals surface area contributed by atoms with Gasteiger partial charge in [0.25, 0.3) is 0 Å². The van der Waals surface area contributed by atoms with Crippen LogP contribution in [0.2, 0.25) is 0 Å². The van der Waals surface area contributed by atoms with Crippen LogP contribution in [0.3, 0.4) is 0 Å². The number of hydrogen-bond acceptors (Lipinski definition) is 1. The zero-order valence-electron chi connectivity index (χ0n) is 7.89. The van der Waals surface area contributed by atoms with Gasteiger partial charge in [-0.2, -0.15) is 0 Å². The van der Waals surface area contributed by atoms with E-state index < -0.39 is 0 Å². The van der Waals surface area contributed by atoms with Crippen molar-refractivity contribution in [1.82, 2.24) is 0 Å². The summed E-state index contributed by atoms with van der Waals surface area (Å²) in [5.41, 5.74) is 1.31. The van der Waals surface area contributed by atoms with Crippen LogP contribution in [0.1, 0.15) is 27.7 Å². The second-order valence-electron chi connectivity index (χ2n) is 3.45. The Balaban J connectivity index is 4.53. The van der Waals surface area contributed by atoms with Gasteiger partial charge < -0.3 is 0 Å². The fourth-order valence-corrected chi connectivity index (χ4v) is 0.707. The number of rotatable bonds is 2. The average Bonchev–Trinajstić information content (AvgIpc) is 1.87. The average molecular weight is 151 g/mol. The SMILES string of the molecule is C=C/C(=C\N=C/C)C(C)(C)C. The van der Waals surface area contributed by atoms with Crippen LogP contribution in [0.15, 0.2) is 29.4 Å². The van der Waals surface area contributed by atoms with Gasteiger partial charge in [-0.3, -0.25) is 4.99 Å². The molecule has 0 aromatic carbocycles. The second kappa shape index (κ2) is 4.12. The fraction of sp³-hybridized carbons (Fsp3) is 0.500. The van der Waals surface area contributed by atoms with Crippen LogP contribution in [-0.4, -0.2) is 6.21 Å². The summed E-state index contributed by atoms with van der Waals surface area (Å²) in [5, 5.41) is 0.